The van der Waals surface area contributed by atoms with Crippen molar-refractivity contribution in [3.05, 3.63) is 34.4 Å². The lowest BCUT2D eigenvalue weighted by atomic mass is 9.98. The van der Waals surface area contributed by atoms with Gasteiger partial charge in [-0.1, -0.05) is 0 Å². The lowest BCUT2D eigenvalue weighted by Gasteiger charge is -2.05. The van der Waals surface area contributed by atoms with E-state index in [0.717, 1.165) is 11.1 Å². The van der Waals surface area contributed by atoms with Crippen LogP contribution < -0.4 is 0 Å². The van der Waals surface area contributed by atoms with E-state index < -0.39 is 0 Å². The minimum absolute atomic E-state index is 0.0861. The van der Waals surface area contributed by atoms with E-state index in [2.05, 4.69) is 0 Å². The Labute approximate surface area is 88.1 Å². The molecule has 0 heterocycles. The molecule has 0 aromatic heterocycles. The second-order valence-corrected chi connectivity index (χ2v) is 3.42. The van der Waals surface area contributed by atoms with Gasteiger partial charge in [0.05, 0.1) is 17.5 Å². The Hall–Kier alpha value is -1.33. The molecular formula is C11H10ClNO. The SMILES string of the molecule is Cc1cc(C#N)c(C(=O)CCl)cc1C. The minimum Gasteiger partial charge on any atom is -0.293 e. The van der Waals surface area contributed by atoms with Crippen LogP contribution in [0.15, 0.2) is 12.1 Å². The van der Waals surface area contributed by atoms with Gasteiger partial charge in [-0.05, 0) is 37.1 Å². The molecule has 0 unspecified atom stereocenters. The normalized spacial score (nSPS) is 9.57. The van der Waals surface area contributed by atoms with Gasteiger partial charge in [0.1, 0.15) is 0 Å². The van der Waals surface area contributed by atoms with Crippen molar-refractivity contribution in [1.82, 2.24) is 0 Å². The standard InChI is InChI=1S/C11H10ClNO/c1-7-3-9(6-13)10(4-8(7)2)11(14)5-12/h3-4H,5H2,1-2H3. The Balaban J connectivity index is 3.36. The molecule has 0 radical (unpaired) electrons. The predicted octanol–water partition coefficient (Wildman–Crippen LogP) is 2.60. The highest BCUT2D eigenvalue weighted by Gasteiger charge is 2.11. The molecule has 0 N–H and O–H groups in total. The zero-order valence-corrected chi connectivity index (χ0v) is 8.85. The maximum atomic E-state index is 11.4. The lowest BCUT2D eigenvalue weighted by molar-refractivity contribution is 0.102. The summed E-state index contributed by atoms with van der Waals surface area (Å²) >= 11 is 5.45. The summed E-state index contributed by atoms with van der Waals surface area (Å²) in [5, 5.41) is 8.83. The second-order valence-electron chi connectivity index (χ2n) is 3.15. The van der Waals surface area contributed by atoms with Gasteiger partial charge >= 0.3 is 0 Å². The summed E-state index contributed by atoms with van der Waals surface area (Å²) in [6, 6.07) is 5.44. The number of ketones is 1. The number of rotatable bonds is 2. The molecule has 1 aromatic rings. The summed E-state index contributed by atoms with van der Waals surface area (Å²) in [5.41, 5.74) is 2.83. The molecule has 72 valence electrons. The van der Waals surface area contributed by atoms with Crippen LogP contribution in [0.3, 0.4) is 0 Å². The summed E-state index contributed by atoms with van der Waals surface area (Å²) in [6.45, 7) is 3.81. The van der Waals surface area contributed by atoms with E-state index in [0.29, 0.717) is 11.1 Å². The first-order chi connectivity index (χ1) is 6.60. The molecule has 0 aliphatic heterocycles. The molecule has 0 atom stereocenters. The summed E-state index contributed by atoms with van der Waals surface area (Å²) in [7, 11) is 0. The highest BCUT2D eigenvalue weighted by molar-refractivity contribution is 6.30. The molecule has 0 saturated heterocycles. The molecule has 0 spiro atoms. The largest absolute Gasteiger partial charge is 0.293 e. The number of benzene rings is 1. The number of nitrogens with zero attached hydrogens (tertiary/aromatic N) is 1. The van der Waals surface area contributed by atoms with E-state index in [-0.39, 0.29) is 11.7 Å². The fourth-order valence-corrected chi connectivity index (χ4v) is 1.36. The molecule has 0 fully saturated rings. The Morgan fingerprint density at radius 2 is 2.00 bits per heavy atom. The van der Waals surface area contributed by atoms with Crippen molar-refractivity contribution in [3.63, 3.8) is 0 Å². The third kappa shape index (κ3) is 1.94. The molecule has 2 nitrogen and oxygen atoms in total. The molecule has 0 aliphatic rings. The molecule has 0 saturated carbocycles. The maximum Gasteiger partial charge on any atom is 0.178 e. The van der Waals surface area contributed by atoms with Gasteiger partial charge in [0.15, 0.2) is 5.78 Å². The molecule has 0 aliphatic carbocycles. The van der Waals surface area contributed by atoms with E-state index >= 15 is 0 Å². The van der Waals surface area contributed by atoms with E-state index in [1.54, 1.807) is 12.1 Å². The quantitative estimate of drug-likeness (QED) is 0.553. The summed E-state index contributed by atoms with van der Waals surface area (Å²) in [5.74, 6) is -0.289. The first-order valence-electron chi connectivity index (χ1n) is 4.20. The minimum atomic E-state index is -0.202. The molecule has 1 rings (SSSR count). The van der Waals surface area contributed by atoms with Crippen molar-refractivity contribution < 1.29 is 4.79 Å². The van der Waals surface area contributed by atoms with Crippen LogP contribution in [0.4, 0.5) is 0 Å². The Kier molecular flexibility index (Phi) is 3.27. The number of carbonyl (C=O) groups is 1. The third-order valence-electron chi connectivity index (χ3n) is 2.18. The summed E-state index contributed by atoms with van der Waals surface area (Å²) < 4.78 is 0. The van der Waals surface area contributed by atoms with Gasteiger partial charge in [-0.15, -0.1) is 11.6 Å². The van der Waals surface area contributed by atoms with Crippen molar-refractivity contribution in [1.29, 1.82) is 5.26 Å². The van der Waals surface area contributed by atoms with Crippen molar-refractivity contribution in [2.75, 3.05) is 5.88 Å². The van der Waals surface area contributed by atoms with Crippen LogP contribution in [0.25, 0.3) is 0 Å². The van der Waals surface area contributed by atoms with Crippen LogP contribution in [0.2, 0.25) is 0 Å². The average Bonchev–Trinajstić information content (AvgIpc) is 2.20. The monoisotopic (exact) mass is 207 g/mol. The first-order valence-corrected chi connectivity index (χ1v) is 4.74. The average molecular weight is 208 g/mol. The van der Waals surface area contributed by atoms with Crippen LogP contribution in [-0.2, 0) is 0 Å². The molecule has 0 amide bonds. The number of aryl methyl sites for hydroxylation is 2. The van der Waals surface area contributed by atoms with E-state index in [1.165, 1.54) is 0 Å². The zero-order valence-electron chi connectivity index (χ0n) is 8.10. The maximum absolute atomic E-state index is 11.4. The number of alkyl halides is 1. The lowest BCUT2D eigenvalue weighted by Crippen LogP contribution is -2.04. The third-order valence-corrected chi connectivity index (χ3v) is 2.42. The number of hydrogen-bond donors (Lipinski definition) is 0. The smallest absolute Gasteiger partial charge is 0.178 e. The van der Waals surface area contributed by atoms with E-state index in [9.17, 15) is 4.79 Å². The second kappa shape index (κ2) is 4.26. The summed E-state index contributed by atoms with van der Waals surface area (Å²) in [6.07, 6.45) is 0. The van der Waals surface area contributed by atoms with Crippen molar-refractivity contribution in [2.24, 2.45) is 0 Å². The van der Waals surface area contributed by atoms with Gasteiger partial charge in [-0.2, -0.15) is 5.26 Å². The van der Waals surface area contributed by atoms with Gasteiger partial charge in [-0.3, -0.25) is 4.79 Å². The van der Waals surface area contributed by atoms with Crippen LogP contribution >= 0.6 is 11.6 Å². The van der Waals surface area contributed by atoms with Crippen LogP contribution in [-0.4, -0.2) is 11.7 Å². The molecular weight excluding hydrogens is 198 g/mol. The number of hydrogen-bond acceptors (Lipinski definition) is 2. The molecule has 3 heteroatoms. The predicted molar refractivity (Wildman–Crippen MR) is 55.7 cm³/mol. The molecule has 0 bridgehead atoms. The number of halogens is 1. The van der Waals surface area contributed by atoms with Gasteiger partial charge in [-0.25, -0.2) is 0 Å². The Morgan fingerprint density at radius 3 is 2.50 bits per heavy atom. The van der Waals surface area contributed by atoms with E-state index in [1.807, 2.05) is 19.9 Å². The number of carbonyl (C=O) groups excluding carboxylic acids is 1. The van der Waals surface area contributed by atoms with Gasteiger partial charge in [0.25, 0.3) is 0 Å². The zero-order chi connectivity index (χ0) is 10.7. The molecule has 14 heavy (non-hydrogen) atoms. The van der Waals surface area contributed by atoms with Gasteiger partial charge in [0, 0.05) is 5.56 Å². The van der Waals surface area contributed by atoms with Crippen molar-refractivity contribution in [2.45, 2.75) is 13.8 Å². The fraction of sp³-hybridized carbons (Fsp3) is 0.273. The van der Waals surface area contributed by atoms with Crippen LogP contribution in [0.1, 0.15) is 27.0 Å². The van der Waals surface area contributed by atoms with Crippen LogP contribution in [0, 0.1) is 25.2 Å². The highest BCUT2D eigenvalue weighted by atomic mass is 35.5. The van der Waals surface area contributed by atoms with Crippen LogP contribution in [0.5, 0.6) is 0 Å². The first kappa shape index (κ1) is 10.7. The number of Topliss-reactive ketones (excluding diaryl/α,β-unsaturated/α-hetero) is 1. The van der Waals surface area contributed by atoms with E-state index in [4.69, 9.17) is 16.9 Å². The fourth-order valence-electron chi connectivity index (χ4n) is 1.21. The summed E-state index contributed by atoms with van der Waals surface area (Å²) in [4.78, 5) is 11.4. The van der Waals surface area contributed by atoms with Gasteiger partial charge in [0.2, 0.25) is 0 Å². The number of nitriles is 1. The highest BCUT2D eigenvalue weighted by Crippen LogP contribution is 2.16. The Bertz CT molecular complexity index is 418. The molecule has 1 aromatic carbocycles. The van der Waals surface area contributed by atoms with Gasteiger partial charge < -0.3 is 0 Å². The van der Waals surface area contributed by atoms with Crippen molar-refractivity contribution in [3.8, 4) is 6.07 Å². The topological polar surface area (TPSA) is 40.9 Å². The van der Waals surface area contributed by atoms with Crippen molar-refractivity contribution >= 4 is 17.4 Å². The Morgan fingerprint density at radius 1 is 1.43 bits per heavy atom.